The summed E-state index contributed by atoms with van der Waals surface area (Å²) < 4.78 is 0. The van der Waals surface area contributed by atoms with E-state index in [1.54, 1.807) is 20.8 Å². The average Bonchev–Trinajstić information content (AvgIpc) is 1.36. The fourth-order valence-corrected chi connectivity index (χ4v) is 0. The molecule has 0 aliphatic carbocycles. The largest absolute Gasteiger partial charge is 2.00 e. The molecule has 0 aromatic carbocycles. The smallest absolute Gasteiger partial charge is 0.857 e. The predicted molar refractivity (Wildman–Crippen MR) is 31.4 cm³/mol. The first-order valence-electron chi connectivity index (χ1n) is 2.11. The summed E-state index contributed by atoms with van der Waals surface area (Å²) >= 11 is 0. The molecule has 46 valence electrons. The van der Waals surface area contributed by atoms with Crippen molar-refractivity contribution in [2.45, 2.75) is 26.4 Å². The predicted octanol–water partition coefficient (Wildman–Crippen LogP) is -4.26. The summed E-state index contributed by atoms with van der Waals surface area (Å²) in [7, 11) is 0.750. The zero-order valence-corrected chi connectivity index (χ0v) is 8.44. The van der Waals surface area contributed by atoms with Gasteiger partial charge in [-0.15, -0.1) is 5.60 Å². The maximum Gasteiger partial charge on any atom is 2.00 e. The van der Waals surface area contributed by atoms with Gasteiger partial charge in [0.1, 0.15) is 0 Å². The molecule has 0 heterocycles. The van der Waals surface area contributed by atoms with Gasteiger partial charge in [0.2, 0.25) is 0 Å². The van der Waals surface area contributed by atoms with E-state index in [1.165, 1.54) is 0 Å². The van der Waals surface area contributed by atoms with Gasteiger partial charge >= 0.3 is 41.9 Å². The van der Waals surface area contributed by atoms with Crippen molar-refractivity contribution < 1.29 is 29.1 Å². The second kappa shape index (κ2) is 12.0. The normalized spacial score (nSPS) is 7.33. The van der Waals surface area contributed by atoms with E-state index in [-0.39, 0.29) is 41.9 Å². The van der Waals surface area contributed by atoms with Crippen LogP contribution in [0.4, 0.5) is 0 Å². The summed E-state index contributed by atoms with van der Waals surface area (Å²) in [6, 6.07) is 0. The van der Waals surface area contributed by atoms with Crippen LogP contribution in [-0.4, -0.2) is 35.8 Å². The minimum absolute atomic E-state index is 0. The van der Waals surface area contributed by atoms with Crippen LogP contribution in [-0.2, 0) is 0 Å². The van der Waals surface area contributed by atoms with Gasteiger partial charge in [0, 0.05) is 0 Å². The van der Waals surface area contributed by atoms with Gasteiger partial charge in [0.05, 0.1) is 0 Å². The number of hydrogen-bond donors (Lipinski definition) is 0. The number of rotatable bonds is 0. The maximum atomic E-state index is 10.1. The Kier molecular flexibility index (Phi) is 29.9. The molecule has 0 saturated carbocycles. The Balaban J connectivity index is -0.0000000286. The van der Waals surface area contributed by atoms with Crippen molar-refractivity contribution in [1.82, 2.24) is 0 Å². The molecule has 0 fully saturated rings. The van der Waals surface area contributed by atoms with Crippen LogP contribution in [0.5, 0.6) is 0 Å². The molecule has 0 aliphatic heterocycles. The Morgan fingerprint density at radius 3 is 1.00 bits per heavy atom. The molecule has 0 atom stereocenters. The molecular weight excluding hydrogens is 123 g/mol. The monoisotopic (exact) mass is 135 g/mol. The molecule has 0 saturated heterocycles. The summed E-state index contributed by atoms with van der Waals surface area (Å²) in [4.78, 5) is 0. The SMILES string of the molecule is CC(C)(C)[O-].C[O-].[Li+].[Mg+2]. The van der Waals surface area contributed by atoms with Gasteiger partial charge < -0.3 is 10.2 Å². The zero-order chi connectivity index (χ0) is 6.50. The Morgan fingerprint density at radius 2 is 1.00 bits per heavy atom. The molecule has 0 aliphatic rings. The molecule has 0 bridgehead atoms. The molecule has 0 rings (SSSR count). The van der Waals surface area contributed by atoms with Crippen LogP contribution in [0.25, 0.3) is 0 Å². The summed E-state index contributed by atoms with van der Waals surface area (Å²) in [5.74, 6) is 0. The van der Waals surface area contributed by atoms with Gasteiger partial charge in [-0.3, -0.25) is 0 Å². The average molecular weight is 135 g/mol. The van der Waals surface area contributed by atoms with E-state index in [0.717, 1.165) is 7.11 Å². The van der Waals surface area contributed by atoms with Gasteiger partial charge in [-0.1, -0.05) is 20.8 Å². The first-order chi connectivity index (χ1) is 3.00. The van der Waals surface area contributed by atoms with Crippen LogP contribution >= 0.6 is 0 Å². The minimum atomic E-state index is -0.750. The molecule has 0 amide bonds. The van der Waals surface area contributed by atoms with Gasteiger partial charge in [0.15, 0.2) is 0 Å². The van der Waals surface area contributed by atoms with E-state index >= 15 is 0 Å². The van der Waals surface area contributed by atoms with E-state index in [4.69, 9.17) is 5.11 Å². The molecule has 0 unspecified atom stereocenters. The van der Waals surface area contributed by atoms with E-state index < -0.39 is 5.60 Å². The van der Waals surface area contributed by atoms with Crippen LogP contribution in [0.15, 0.2) is 0 Å². The third-order valence-electron chi connectivity index (χ3n) is 0. The fourth-order valence-electron chi connectivity index (χ4n) is 0. The van der Waals surface area contributed by atoms with Crippen LogP contribution in [0, 0.1) is 0 Å². The molecule has 9 heavy (non-hydrogen) atoms. The van der Waals surface area contributed by atoms with E-state index in [9.17, 15) is 5.11 Å². The molecule has 0 aromatic heterocycles. The molecule has 0 N–H and O–H groups in total. The summed E-state index contributed by atoms with van der Waals surface area (Å²) in [5.41, 5.74) is -0.750. The van der Waals surface area contributed by atoms with Gasteiger partial charge in [0.25, 0.3) is 0 Å². The van der Waals surface area contributed by atoms with Crippen molar-refractivity contribution in [1.29, 1.82) is 0 Å². The van der Waals surface area contributed by atoms with Crippen molar-refractivity contribution in [3.8, 4) is 0 Å². The topological polar surface area (TPSA) is 46.1 Å². The summed E-state index contributed by atoms with van der Waals surface area (Å²) in [6.45, 7) is 4.90. The van der Waals surface area contributed by atoms with Crippen molar-refractivity contribution in [3.63, 3.8) is 0 Å². The second-order valence-electron chi connectivity index (χ2n) is 2.11. The minimum Gasteiger partial charge on any atom is -0.857 e. The first kappa shape index (κ1) is 22.4. The van der Waals surface area contributed by atoms with Gasteiger partial charge in [-0.25, -0.2) is 0 Å². The molecular formula is C5H12LiMgO2+. The standard InChI is InChI=1S/C4H9O.CH3O.Li.Mg/c1-4(2,3)5;1-2;;/h1-3H3;1H3;;/q2*-1;+1;+2. The van der Waals surface area contributed by atoms with E-state index in [0.29, 0.717) is 0 Å². The van der Waals surface area contributed by atoms with Crippen LogP contribution < -0.4 is 29.1 Å². The Bertz CT molecular complexity index is 30.4. The van der Waals surface area contributed by atoms with Crippen molar-refractivity contribution in [3.05, 3.63) is 0 Å². The van der Waals surface area contributed by atoms with Crippen molar-refractivity contribution in [2.75, 3.05) is 7.11 Å². The quantitative estimate of drug-likeness (QED) is 0.316. The van der Waals surface area contributed by atoms with E-state index in [1.807, 2.05) is 0 Å². The second-order valence-corrected chi connectivity index (χ2v) is 2.11. The van der Waals surface area contributed by atoms with E-state index in [2.05, 4.69) is 0 Å². The third-order valence-corrected chi connectivity index (χ3v) is 0. The molecule has 0 aromatic rings. The first-order valence-corrected chi connectivity index (χ1v) is 2.11. The Hall–Kier alpha value is 1.28. The molecule has 2 nitrogen and oxygen atoms in total. The summed E-state index contributed by atoms with van der Waals surface area (Å²) in [6.07, 6.45) is 0. The Morgan fingerprint density at radius 1 is 1.00 bits per heavy atom. The van der Waals surface area contributed by atoms with Crippen molar-refractivity contribution >= 4 is 23.1 Å². The molecule has 0 radical (unpaired) electrons. The van der Waals surface area contributed by atoms with Gasteiger partial charge in [-0.2, -0.15) is 7.11 Å². The molecule has 0 spiro atoms. The maximum absolute atomic E-state index is 10.1. The third kappa shape index (κ3) is 299. The van der Waals surface area contributed by atoms with Crippen molar-refractivity contribution in [2.24, 2.45) is 0 Å². The van der Waals surface area contributed by atoms with Crippen LogP contribution in [0.2, 0.25) is 0 Å². The van der Waals surface area contributed by atoms with Crippen LogP contribution in [0.1, 0.15) is 20.8 Å². The van der Waals surface area contributed by atoms with Gasteiger partial charge in [-0.05, 0) is 0 Å². The fraction of sp³-hybridized carbons (Fsp3) is 1.00. The Labute approximate surface area is 85.4 Å². The number of hydrogen-bond acceptors (Lipinski definition) is 2. The zero-order valence-electron chi connectivity index (χ0n) is 7.02. The van der Waals surface area contributed by atoms with Crippen LogP contribution in [0.3, 0.4) is 0 Å². The summed E-state index contributed by atoms with van der Waals surface area (Å²) in [5, 5.41) is 18.4. The molecule has 4 heteroatoms.